The van der Waals surface area contributed by atoms with Gasteiger partial charge >= 0.3 is 0 Å². The van der Waals surface area contributed by atoms with Gasteiger partial charge in [0.05, 0.1) is 13.7 Å². The van der Waals surface area contributed by atoms with Crippen LogP contribution in [0.1, 0.15) is 5.56 Å². The minimum atomic E-state index is -0.410. The summed E-state index contributed by atoms with van der Waals surface area (Å²) in [6.07, 6.45) is 0. The van der Waals surface area contributed by atoms with Gasteiger partial charge in [-0.05, 0) is 17.7 Å². The maximum Gasteiger partial charge on any atom is 0.165 e. The highest BCUT2D eigenvalue weighted by molar-refractivity contribution is 5.28. The zero-order chi connectivity index (χ0) is 8.97. The Bertz CT molecular complexity index is 265. The highest BCUT2D eigenvalue weighted by Gasteiger charge is 2.02. The van der Waals surface area contributed by atoms with Crippen LogP contribution in [0.4, 0.5) is 4.39 Å². The molecule has 12 heavy (non-hydrogen) atoms. The Balaban J connectivity index is 2.86. The zero-order valence-electron chi connectivity index (χ0n) is 6.71. The van der Waals surface area contributed by atoms with E-state index in [1.165, 1.54) is 19.2 Å². The van der Waals surface area contributed by atoms with Crippen LogP contribution >= 0.6 is 0 Å². The molecule has 0 aliphatic rings. The van der Waals surface area contributed by atoms with Gasteiger partial charge in [0.2, 0.25) is 0 Å². The molecule has 0 saturated carbocycles. The van der Waals surface area contributed by atoms with Crippen molar-refractivity contribution in [2.75, 3.05) is 7.11 Å². The van der Waals surface area contributed by atoms with Gasteiger partial charge in [-0.2, -0.15) is 0 Å². The second-order valence-corrected chi connectivity index (χ2v) is 2.28. The van der Waals surface area contributed by atoms with Crippen LogP contribution in [0.2, 0.25) is 0 Å². The summed E-state index contributed by atoms with van der Waals surface area (Å²) in [5.41, 5.74) is 0.677. The molecule has 0 amide bonds. The summed E-state index contributed by atoms with van der Waals surface area (Å²) < 4.78 is 17.7. The highest BCUT2D eigenvalue weighted by Crippen LogP contribution is 2.17. The molecule has 66 valence electrons. The third-order valence-electron chi connectivity index (χ3n) is 1.47. The van der Waals surface area contributed by atoms with Gasteiger partial charge in [0, 0.05) is 0 Å². The number of hydrogen-bond donors (Lipinski definition) is 1. The summed E-state index contributed by atoms with van der Waals surface area (Å²) in [4.78, 5) is 4.35. The molecule has 3 nitrogen and oxygen atoms in total. The van der Waals surface area contributed by atoms with Gasteiger partial charge in [-0.25, -0.2) is 10.3 Å². The first-order chi connectivity index (χ1) is 5.77. The first-order valence-electron chi connectivity index (χ1n) is 3.42. The second kappa shape index (κ2) is 4.04. The third kappa shape index (κ3) is 1.93. The maximum absolute atomic E-state index is 13.0. The fraction of sp³-hybridized carbons (Fsp3) is 0.250. The summed E-state index contributed by atoms with van der Waals surface area (Å²) in [6, 6.07) is 4.55. The van der Waals surface area contributed by atoms with E-state index < -0.39 is 5.82 Å². The fourth-order valence-electron chi connectivity index (χ4n) is 0.896. The van der Waals surface area contributed by atoms with Crippen molar-refractivity contribution in [3.8, 4) is 5.75 Å². The van der Waals surface area contributed by atoms with Crippen LogP contribution in [0, 0.1) is 5.82 Å². The average Bonchev–Trinajstić information content (AvgIpc) is 2.05. The number of ether oxygens (including phenoxy) is 1. The molecule has 2 N–H and O–H groups in total. The Kier molecular flexibility index (Phi) is 3.01. The molecule has 0 aliphatic carbocycles. The molecule has 0 bridgehead atoms. The van der Waals surface area contributed by atoms with E-state index >= 15 is 0 Å². The standard InChI is InChI=1S/C8H10FNO2/c1-11-8-3-2-6(5-12-10)4-7(8)9/h2-4H,5,10H2,1H3. The Labute approximate surface area is 69.8 Å². The predicted molar refractivity (Wildman–Crippen MR) is 41.9 cm³/mol. The van der Waals surface area contributed by atoms with Gasteiger partial charge in [-0.15, -0.1) is 0 Å². The molecule has 0 saturated heterocycles. The molecule has 1 aromatic rings. The Hall–Kier alpha value is -1.13. The van der Waals surface area contributed by atoms with Gasteiger partial charge in [0.25, 0.3) is 0 Å². The van der Waals surface area contributed by atoms with E-state index in [0.717, 1.165) is 0 Å². The lowest BCUT2D eigenvalue weighted by molar-refractivity contribution is 0.124. The number of halogens is 1. The van der Waals surface area contributed by atoms with Gasteiger partial charge in [-0.3, -0.25) is 4.84 Å². The number of benzene rings is 1. The summed E-state index contributed by atoms with van der Waals surface area (Å²) >= 11 is 0. The number of hydrogen-bond acceptors (Lipinski definition) is 3. The molecule has 4 heteroatoms. The van der Waals surface area contributed by atoms with Crippen LogP contribution in [-0.4, -0.2) is 7.11 Å². The Morgan fingerprint density at radius 3 is 2.75 bits per heavy atom. The summed E-state index contributed by atoms with van der Waals surface area (Å²) in [7, 11) is 1.41. The van der Waals surface area contributed by atoms with Crippen molar-refractivity contribution in [2.24, 2.45) is 5.90 Å². The van der Waals surface area contributed by atoms with Crippen LogP contribution in [-0.2, 0) is 11.4 Å². The SMILES string of the molecule is COc1ccc(CON)cc1F. The van der Waals surface area contributed by atoms with Gasteiger partial charge < -0.3 is 4.74 Å². The molecule has 1 aromatic carbocycles. The molecule has 0 atom stereocenters. The highest BCUT2D eigenvalue weighted by atomic mass is 19.1. The number of nitrogens with two attached hydrogens (primary N) is 1. The number of methoxy groups -OCH3 is 1. The van der Waals surface area contributed by atoms with Crippen molar-refractivity contribution in [2.45, 2.75) is 6.61 Å². The fourth-order valence-corrected chi connectivity index (χ4v) is 0.896. The van der Waals surface area contributed by atoms with Gasteiger partial charge in [0.15, 0.2) is 11.6 Å². The molecule has 0 aliphatic heterocycles. The summed E-state index contributed by atoms with van der Waals surface area (Å²) in [6.45, 7) is 0.195. The van der Waals surface area contributed by atoms with Crippen molar-refractivity contribution in [3.63, 3.8) is 0 Å². The lowest BCUT2D eigenvalue weighted by Gasteiger charge is -2.03. The molecule has 1 rings (SSSR count). The first kappa shape index (κ1) is 8.96. The monoisotopic (exact) mass is 171 g/mol. The molecule has 0 unspecified atom stereocenters. The molecule has 0 radical (unpaired) electrons. The van der Waals surface area contributed by atoms with Crippen LogP contribution in [0.15, 0.2) is 18.2 Å². The summed E-state index contributed by atoms with van der Waals surface area (Å²) in [5, 5.41) is 0. The van der Waals surface area contributed by atoms with E-state index in [9.17, 15) is 4.39 Å². The Morgan fingerprint density at radius 2 is 2.25 bits per heavy atom. The zero-order valence-corrected chi connectivity index (χ0v) is 6.71. The number of rotatable bonds is 3. The van der Waals surface area contributed by atoms with E-state index in [4.69, 9.17) is 10.6 Å². The normalized spacial score (nSPS) is 9.92. The largest absolute Gasteiger partial charge is 0.494 e. The summed E-state index contributed by atoms with van der Waals surface area (Å²) in [5.74, 6) is 4.64. The topological polar surface area (TPSA) is 44.5 Å². The molecular formula is C8H10FNO2. The van der Waals surface area contributed by atoms with Crippen molar-refractivity contribution < 1.29 is 14.0 Å². The molecular weight excluding hydrogens is 161 g/mol. The lowest BCUT2D eigenvalue weighted by atomic mass is 10.2. The van der Waals surface area contributed by atoms with Crippen molar-refractivity contribution >= 4 is 0 Å². The predicted octanol–water partition coefficient (Wildman–Crippen LogP) is 1.22. The van der Waals surface area contributed by atoms with Crippen molar-refractivity contribution in [1.29, 1.82) is 0 Å². The van der Waals surface area contributed by atoms with E-state index in [-0.39, 0.29) is 12.4 Å². The van der Waals surface area contributed by atoms with Crippen LogP contribution in [0.3, 0.4) is 0 Å². The second-order valence-electron chi connectivity index (χ2n) is 2.28. The molecule has 0 fully saturated rings. The average molecular weight is 171 g/mol. The molecule has 0 heterocycles. The van der Waals surface area contributed by atoms with E-state index in [1.807, 2.05) is 0 Å². The van der Waals surface area contributed by atoms with Crippen LogP contribution in [0.25, 0.3) is 0 Å². The maximum atomic E-state index is 13.0. The first-order valence-corrected chi connectivity index (χ1v) is 3.42. The molecule has 0 spiro atoms. The van der Waals surface area contributed by atoms with Crippen LogP contribution < -0.4 is 10.6 Å². The molecule has 0 aromatic heterocycles. The third-order valence-corrected chi connectivity index (χ3v) is 1.47. The lowest BCUT2D eigenvalue weighted by Crippen LogP contribution is -1.99. The van der Waals surface area contributed by atoms with Crippen molar-refractivity contribution in [1.82, 2.24) is 0 Å². The minimum Gasteiger partial charge on any atom is -0.494 e. The van der Waals surface area contributed by atoms with E-state index in [1.54, 1.807) is 6.07 Å². The van der Waals surface area contributed by atoms with Gasteiger partial charge in [0.1, 0.15) is 0 Å². The van der Waals surface area contributed by atoms with E-state index in [2.05, 4.69) is 4.84 Å². The van der Waals surface area contributed by atoms with Crippen LogP contribution in [0.5, 0.6) is 5.75 Å². The van der Waals surface area contributed by atoms with Gasteiger partial charge in [-0.1, -0.05) is 6.07 Å². The van der Waals surface area contributed by atoms with E-state index in [0.29, 0.717) is 5.56 Å². The quantitative estimate of drug-likeness (QED) is 0.695. The Morgan fingerprint density at radius 1 is 1.50 bits per heavy atom. The minimum absolute atomic E-state index is 0.195. The smallest absolute Gasteiger partial charge is 0.165 e. The van der Waals surface area contributed by atoms with Crippen molar-refractivity contribution in [3.05, 3.63) is 29.6 Å².